The average Bonchev–Trinajstić information content (AvgIpc) is 3.20. The predicted octanol–water partition coefficient (Wildman–Crippen LogP) is 2.43. The van der Waals surface area contributed by atoms with Gasteiger partial charge in [-0.25, -0.2) is 0 Å². The van der Waals surface area contributed by atoms with E-state index >= 15 is 0 Å². The Morgan fingerprint density at radius 2 is 2.28 bits per heavy atom. The van der Waals surface area contributed by atoms with Crippen LogP contribution in [-0.4, -0.2) is 13.0 Å². The minimum atomic E-state index is 0.0393. The van der Waals surface area contributed by atoms with Crippen molar-refractivity contribution in [3.05, 3.63) is 34.3 Å². The van der Waals surface area contributed by atoms with Crippen molar-refractivity contribution in [2.24, 2.45) is 11.7 Å². The van der Waals surface area contributed by atoms with Crippen molar-refractivity contribution in [3.8, 4) is 0 Å². The third-order valence-electron chi connectivity index (χ3n) is 3.47. The van der Waals surface area contributed by atoms with E-state index in [2.05, 4.69) is 5.32 Å². The molecule has 3 nitrogen and oxygen atoms in total. The maximum Gasteiger partial charge on any atom is 0.220 e. The molecule has 0 saturated heterocycles. The summed E-state index contributed by atoms with van der Waals surface area (Å²) in [6, 6.07) is 5.94. The first-order chi connectivity index (χ1) is 8.61. The van der Waals surface area contributed by atoms with Crippen LogP contribution < -0.4 is 11.1 Å². The van der Waals surface area contributed by atoms with Crippen LogP contribution in [-0.2, 0) is 11.2 Å². The molecule has 1 saturated carbocycles. The van der Waals surface area contributed by atoms with E-state index in [1.165, 1.54) is 12.8 Å². The summed E-state index contributed by atoms with van der Waals surface area (Å²) in [7, 11) is 1.65. The zero-order valence-corrected chi connectivity index (χ0v) is 11.3. The van der Waals surface area contributed by atoms with Crippen molar-refractivity contribution < 1.29 is 4.79 Å². The van der Waals surface area contributed by atoms with E-state index in [0.717, 1.165) is 22.6 Å². The monoisotopic (exact) mass is 266 g/mol. The first-order valence-corrected chi connectivity index (χ1v) is 6.74. The topological polar surface area (TPSA) is 55.1 Å². The number of carbonyl (C=O) groups excluding carboxylic acids is 1. The van der Waals surface area contributed by atoms with Crippen molar-refractivity contribution in [3.63, 3.8) is 0 Å². The summed E-state index contributed by atoms with van der Waals surface area (Å²) in [5.41, 5.74) is 8.33. The van der Waals surface area contributed by atoms with Crippen LogP contribution in [0.5, 0.6) is 0 Å². The molecule has 1 amide bonds. The Hall–Kier alpha value is -1.06. The summed E-state index contributed by atoms with van der Waals surface area (Å²) in [6.45, 7) is 0. The second kappa shape index (κ2) is 5.72. The fourth-order valence-corrected chi connectivity index (χ4v) is 2.34. The molecule has 18 heavy (non-hydrogen) atoms. The summed E-state index contributed by atoms with van der Waals surface area (Å²) in [5, 5.41) is 3.36. The summed E-state index contributed by atoms with van der Waals surface area (Å²) < 4.78 is 0. The van der Waals surface area contributed by atoms with E-state index in [4.69, 9.17) is 17.3 Å². The Morgan fingerprint density at radius 1 is 1.56 bits per heavy atom. The van der Waals surface area contributed by atoms with Crippen molar-refractivity contribution in [1.29, 1.82) is 0 Å². The molecule has 4 heteroatoms. The third kappa shape index (κ3) is 3.24. The summed E-state index contributed by atoms with van der Waals surface area (Å²) >= 11 is 6.19. The maximum atomic E-state index is 11.2. The number of carbonyl (C=O) groups is 1. The van der Waals surface area contributed by atoms with Gasteiger partial charge < -0.3 is 11.1 Å². The molecule has 0 heterocycles. The van der Waals surface area contributed by atoms with E-state index in [9.17, 15) is 4.79 Å². The fourth-order valence-electron chi connectivity index (χ4n) is 2.10. The Morgan fingerprint density at radius 3 is 2.89 bits per heavy atom. The minimum Gasteiger partial charge on any atom is -0.359 e. The zero-order chi connectivity index (χ0) is 13.1. The lowest BCUT2D eigenvalue weighted by atomic mass is 9.99. The van der Waals surface area contributed by atoms with E-state index < -0.39 is 0 Å². The van der Waals surface area contributed by atoms with Crippen LogP contribution in [0.1, 0.15) is 36.4 Å². The number of aryl methyl sites for hydroxylation is 1. The van der Waals surface area contributed by atoms with Crippen molar-refractivity contribution in [2.45, 2.75) is 31.7 Å². The normalized spacial score (nSPS) is 16.4. The van der Waals surface area contributed by atoms with Crippen LogP contribution in [0.25, 0.3) is 0 Å². The Balaban J connectivity index is 2.07. The number of amides is 1. The lowest BCUT2D eigenvalue weighted by Gasteiger charge is -2.14. The van der Waals surface area contributed by atoms with E-state index in [1.807, 2.05) is 18.2 Å². The van der Waals surface area contributed by atoms with Gasteiger partial charge in [0, 0.05) is 24.5 Å². The Kier molecular flexibility index (Phi) is 4.25. The number of rotatable bonds is 5. The lowest BCUT2D eigenvalue weighted by molar-refractivity contribution is -0.120. The SMILES string of the molecule is CNC(=O)CCc1ccc(Cl)c(C(N)C2CC2)c1. The molecule has 1 aliphatic carbocycles. The summed E-state index contributed by atoms with van der Waals surface area (Å²) in [6.07, 6.45) is 3.61. The van der Waals surface area contributed by atoms with Gasteiger partial charge in [0.2, 0.25) is 5.91 Å². The Labute approximate surface area is 113 Å². The summed E-state index contributed by atoms with van der Waals surface area (Å²) in [4.78, 5) is 11.2. The van der Waals surface area contributed by atoms with Gasteiger partial charge in [-0.05, 0) is 42.4 Å². The minimum absolute atomic E-state index is 0.0393. The Bertz CT molecular complexity index is 443. The standard InChI is InChI=1S/C14H19ClN2O/c1-17-13(18)7-3-9-2-6-12(15)11(8-9)14(16)10-4-5-10/h2,6,8,10,14H,3-5,7,16H2,1H3,(H,17,18). The van der Waals surface area contributed by atoms with Gasteiger partial charge in [0.1, 0.15) is 0 Å². The van der Waals surface area contributed by atoms with Gasteiger partial charge in [-0.3, -0.25) is 4.79 Å². The number of hydrogen-bond donors (Lipinski definition) is 2. The molecule has 2 rings (SSSR count). The highest BCUT2D eigenvalue weighted by molar-refractivity contribution is 6.31. The molecular weight excluding hydrogens is 248 g/mol. The maximum absolute atomic E-state index is 11.2. The highest BCUT2D eigenvalue weighted by atomic mass is 35.5. The highest BCUT2D eigenvalue weighted by Crippen LogP contribution is 2.41. The molecule has 98 valence electrons. The lowest BCUT2D eigenvalue weighted by Crippen LogP contribution is -2.18. The fraction of sp³-hybridized carbons (Fsp3) is 0.500. The molecule has 1 fully saturated rings. The van der Waals surface area contributed by atoms with Gasteiger partial charge in [-0.1, -0.05) is 23.7 Å². The molecular formula is C14H19ClN2O. The van der Waals surface area contributed by atoms with Crippen molar-refractivity contribution in [2.75, 3.05) is 7.05 Å². The molecule has 1 aromatic rings. The van der Waals surface area contributed by atoms with Crippen molar-refractivity contribution >= 4 is 17.5 Å². The molecule has 0 radical (unpaired) electrons. The molecule has 0 bridgehead atoms. The highest BCUT2D eigenvalue weighted by Gasteiger charge is 2.30. The van der Waals surface area contributed by atoms with Crippen LogP contribution in [0, 0.1) is 5.92 Å². The van der Waals surface area contributed by atoms with E-state index in [-0.39, 0.29) is 11.9 Å². The molecule has 0 aromatic heterocycles. The van der Waals surface area contributed by atoms with Crippen LogP contribution >= 0.6 is 11.6 Å². The van der Waals surface area contributed by atoms with Crippen LogP contribution in [0.4, 0.5) is 0 Å². The third-order valence-corrected chi connectivity index (χ3v) is 3.81. The second-order valence-electron chi connectivity index (χ2n) is 4.89. The van der Waals surface area contributed by atoms with Crippen LogP contribution in [0.3, 0.4) is 0 Å². The average molecular weight is 267 g/mol. The number of benzene rings is 1. The second-order valence-corrected chi connectivity index (χ2v) is 5.30. The van der Waals surface area contributed by atoms with Gasteiger partial charge in [0.15, 0.2) is 0 Å². The van der Waals surface area contributed by atoms with Gasteiger partial charge in [0.25, 0.3) is 0 Å². The molecule has 3 N–H and O–H groups in total. The predicted molar refractivity (Wildman–Crippen MR) is 73.5 cm³/mol. The number of halogens is 1. The smallest absolute Gasteiger partial charge is 0.220 e. The van der Waals surface area contributed by atoms with Crippen molar-refractivity contribution in [1.82, 2.24) is 5.32 Å². The van der Waals surface area contributed by atoms with Gasteiger partial charge >= 0.3 is 0 Å². The quantitative estimate of drug-likeness (QED) is 0.860. The van der Waals surface area contributed by atoms with Crippen LogP contribution in [0.15, 0.2) is 18.2 Å². The van der Waals surface area contributed by atoms with Gasteiger partial charge in [-0.15, -0.1) is 0 Å². The molecule has 1 aliphatic rings. The van der Waals surface area contributed by atoms with Crippen LogP contribution in [0.2, 0.25) is 5.02 Å². The largest absolute Gasteiger partial charge is 0.359 e. The molecule has 1 aromatic carbocycles. The molecule has 1 unspecified atom stereocenters. The number of hydrogen-bond acceptors (Lipinski definition) is 2. The zero-order valence-electron chi connectivity index (χ0n) is 10.6. The number of nitrogens with two attached hydrogens (primary N) is 1. The van der Waals surface area contributed by atoms with Gasteiger partial charge in [0.05, 0.1) is 0 Å². The summed E-state index contributed by atoms with van der Waals surface area (Å²) in [5.74, 6) is 0.634. The number of nitrogens with one attached hydrogen (secondary N) is 1. The molecule has 0 aliphatic heterocycles. The molecule has 1 atom stereocenters. The van der Waals surface area contributed by atoms with E-state index in [1.54, 1.807) is 7.05 Å². The first kappa shape index (κ1) is 13.4. The first-order valence-electron chi connectivity index (χ1n) is 6.36. The van der Waals surface area contributed by atoms with Gasteiger partial charge in [-0.2, -0.15) is 0 Å². The molecule has 0 spiro atoms. The van der Waals surface area contributed by atoms with E-state index in [0.29, 0.717) is 12.3 Å².